The smallest absolute Gasteiger partial charge is 0.269 e. The fraction of sp³-hybridized carbons (Fsp3) is 0.118. The Kier molecular flexibility index (Phi) is 3.80. The van der Waals surface area contributed by atoms with Crippen molar-refractivity contribution in [2.24, 2.45) is 0 Å². The standard InChI is InChI=1S/C17H15N3O3/c1-12-10-13-4-2-3-5-16(13)19(12)11-17(21)18-14-6-8-15(9-7-14)20(22)23/h2-10H,11H2,1H3,(H,18,21). The molecule has 0 aliphatic heterocycles. The van der Waals surface area contributed by atoms with E-state index < -0.39 is 4.92 Å². The molecule has 1 N–H and O–H groups in total. The molecule has 116 valence electrons. The van der Waals surface area contributed by atoms with Crippen LogP contribution in [0.1, 0.15) is 5.69 Å². The number of para-hydroxylation sites is 1. The van der Waals surface area contributed by atoms with Crippen molar-refractivity contribution in [3.8, 4) is 0 Å². The van der Waals surface area contributed by atoms with Crippen molar-refractivity contribution in [3.05, 3.63) is 70.4 Å². The minimum Gasteiger partial charge on any atom is -0.335 e. The lowest BCUT2D eigenvalue weighted by atomic mass is 10.2. The topological polar surface area (TPSA) is 77.2 Å². The Morgan fingerprint density at radius 3 is 2.57 bits per heavy atom. The number of nitrogens with zero attached hydrogens (tertiary/aromatic N) is 2. The number of rotatable bonds is 4. The summed E-state index contributed by atoms with van der Waals surface area (Å²) < 4.78 is 1.94. The summed E-state index contributed by atoms with van der Waals surface area (Å²) in [5.41, 5.74) is 2.54. The zero-order valence-electron chi connectivity index (χ0n) is 12.5. The van der Waals surface area contributed by atoms with E-state index in [-0.39, 0.29) is 18.1 Å². The van der Waals surface area contributed by atoms with Gasteiger partial charge in [0.05, 0.1) is 4.92 Å². The van der Waals surface area contributed by atoms with Crippen molar-refractivity contribution in [2.75, 3.05) is 5.32 Å². The summed E-state index contributed by atoms with van der Waals surface area (Å²) in [6.45, 7) is 2.15. The number of amides is 1. The van der Waals surface area contributed by atoms with Gasteiger partial charge in [0, 0.05) is 29.0 Å². The molecule has 0 radical (unpaired) electrons. The fourth-order valence-electron chi connectivity index (χ4n) is 2.57. The molecule has 0 fully saturated rings. The number of fused-ring (bicyclic) bond motifs is 1. The van der Waals surface area contributed by atoms with Crippen molar-refractivity contribution >= 4 is 28.2 Å². The highest BCUT2D eigenvalue weighted by Crippen LogP contribution is 2.20. The van der Waals surface area contributed by atoms with Gasteiger partial charge >= 0.3 is 0 Å². The maximum atomic E-state index is 12.2. The molecule has 3 rings (SSSR count). The largest absolute Gasteiger partial charge is 0.335 e. The van der Waals surface area contributed by atoms with E-state index >= 15 is 0 Å². The lowest BCUT2D eigenvalue weighted by molar-refractivity contribution is -0.384. The summed E-state index contributed by atoms with van der Waals surface area (Å²) in [5, 5.41) is 14.5. The zero-order chi connectivity index (χ0) is 16.4. The third kappa shape index (κ3) is 3.06. The van der Waals surface area contributed by atoms with Crippen LogP contribution >= 0.6 is 0 Å². The van der Waals surface area contributed by atoms with E-state index in [1.165, 1.54) is 24.3 Å². The van der Waals surface area contributed by atoms with Gasteiger partial charge in [-0.3, -0.25) is 14.9 Å². The number of anilines is 1. The minimum absolute atomic E-state index is 0.00440. The monoisotopic (exact) mass is 309 g/mol. The number of hydrogen-bond acceptors (Lipinski definition) is 3. The highest BCUT2D eigenvalue weighted by atomic mass is 16.6. The number of benzene rings is 2. The SMILES string of the molecule is Cc1cc2ccccc2n1CC(=O)Nc1ccc([N+](=O)[O-])cc1. The van der Waals surface area contributed by atoms with Crippen LogP contribution in [-0.2, 0) is 11.3 Å². The van der Waals surface area contributed by atoms with E-state index in [4.69, 9.17) is 0 Å². The first-order valence-corrected chi connectivity index (χ1v) is 7.14. The highest BCUT2D eigenvalue weighted by molar-refractivity contribution is 5.92. The van der Waals surface area contributed by atoms with E-state index in [1.807, 2.05) is 41.8 Å². The first-order chi connectivity index (χ1) is 11.0. The normalized spacial score (nSPS) is 10.7. The van der Waals surface area contributed by atoms with Gasteiger partial charge in [0.2, 0.25) is 5.91 Å². The van der Waals surface area contributed by atoms with Crippen molar-refractivity contribution in [1.82, 2.24) is 4.57 Å². The quantitative estimate of drug-likeness (QED) is 0.592. The van der Waals surface area contributed by atoms with Gasteiger partial charge in [0.1, 0.15) is 6.54 Å². The summed E-state index contributed by atoms with van der Waals surface area (Å²) >= 11 is 0. The predicted molar refractivity (Wildman–Crippen MR) is 88.4 cm³/mol. The molecule has 0 unspecified atom stereocenters. The number of hydrogen-bond donors (Lipinski definition) is 1. The molecule has 6 nitrogen and oxygen atoms in total. The van der Waals surface area contributed by atoms with Crippen molar-refractivity contribution in [2.45, 2.75) is 13.5 Å². The second kappa shape index (κ2) is 5.92. The molecule has 1 amide bonds. The highest BCUT2D eigenvalue weighted by Gasteiger charge is 2.10. The molecule has 0 spiro atoms. The molecule has 0 aliphatic rings. The second-order valence-electron chi connectivity index (χ2n) is 5.28. The third-order valence-electron chi connectivity index (χ3n) is 3.68. The number of carbonyl (C=O) groups is 1. The van der Waals surface area contributed by atoms with Gasteiger partial charge in [-0.05, 0) is 36.6 Å². The molecule has 3 aromatic rings. The van der Waals surface area contributed by atoms with Gasteiger partial charge < -0.3 is 9.88 Å². The predicted octanol–water partition coefficient (Wildman–Crippen LogP) is 3.50. The van der Waals surface area contributed by atoms with E-state index in [9.17, 15) is 14.9 Å². The van der Waals surface area contributed by atoms with Crippen molar-refractivity contribution < 1.29 is 9.72 Å². The van der Waals surface area contributed by atoms with E-state index in [2.05, 4.69) is 5.32 Å². The van der Waals surface area contributed by atoms with Crippen LogP contribution in [0.2, 0.25) is 0 Å². The molecule has 0 atom stereocenters. The van der Waals surface area contributed by atoms with Gasteiger partial charge in [-0.1, -0.05) is 18.2 Å². The van der Waals surface area contributed by atoms with E-state index in [0.29, 0.717) is 5.69 Å². The average Bonchev–Trinajstić information content (AvgIpc) is 2.84. The fourth-order valence-corrected chi connectivity index (χ4v) is 2.57. The Bertz CT molecular complexity index is 882. The summed E-state index contributed by atoms with van der Waals surface area (Å²) in [6, 6.07) is 15.7. The summed E-state index contributed by atoms with van der Waals surface area (Å²) in [6.07, 6.45) is 0. The Balaban J connectivity index is 1.76. The van der Waals surface area contributed by atoms with Crippen LogP contribution in [0.15, 0.2) is 54.6 Å². The van der Waals surface area contributed by atoms with E-state index in [1.54, 1.807) is 0 Å². The Labute approximate surface area is 132 Å². The number of non-ortho nitro benzene ring substituents is 1. The molecular weight excluding hydrogens is 294 g/mol. The summed E-state index contributed by atoms with van der Waals surface area (Å²) in [5.74, 6) is -0.177. The van der Waals surface area contributed by atoms with Crippen LogP contribution in [0.4, 0.5) is 11.4 Å². The maximum absolute atomic E-state index is 12.2. The van der Waals surface area contributed by atoms with Crippen LogP contribution < -0.4 is 5.32 Å². The van der Waals surface area contributed by atoms with Crippen LogP contribution in [0.25, 0.3) is 10.9 Å². The lowest BCUT2D eigenvalue weighted by Gasteiger charge is -2.09. The molecule has 0 bridgehead atoms. The first kappa shape index (κ1) is 14.8. The van der Waals surface area contributed by atoms with Gasteiger partial charge in [-0.2, -0.15) is 0 Å². The number of nitrogens with one attached hydrogen (secondary N) is 1. The molecule has 1 heterocycles. The molecule has 0 saturated heterocycles. The molecule has 6 heteroatoms. The summed E-state index contributed by atoms with van der Waals surface area (Å²) in [7, 11) is 0. The Hall–Kier alpha value is -3.15. The van der Waals surface area contributed by atoms with E-state index in [0.717, 1.165) is 16.6 Å². The second-order valence-corrected chi connectivity index (χ2v) is 5.28. The number of nitro groups is 1. The number of aryl methyl sites for hydroxylation is 1. The van der Waals surface area contributed by atoms with Crippen LogP contribution in [0.3, 0.4) is 0 Å². The lowest BCUT2D eigenvalue weighted by Crippen LogP contribution is -2.19. The number of carbonyl (C=O) groups excluding carboxylic acids is 1. The van der Waals surface area contributed by atoms with Gasteiger partial charge in [0.15, 0.2) is 0 Å². The average molecular weight is 309 g/mol. The van der Waals surface area contributed by atoms with Gasteiger partial charge in [0.25, 0.3) is 5.69 Å². The molecule has 23 heavy (non-hydrogen) atoms. The number of nitro benzene ring substituents is 1. The third-order valence-corrected chi connectivity index (χ3v) is 3.68. The molecule has 0 saturated carbocycles. The van der Waals surface area contributed by atoms with Gasteiger partial charge in [-0.25, -0.2) is 0 Å². The maximum Gasteiger partial charge on any atom is 0.269 e. The first-order valence-electron chi connectivity index (χ1n) is 7.14. The van der Waals surface area contributed by atoms with Crippen molar-refractivity contribution in [1.29, 1.82) is 0 Å². The Morgan fingerprint density at radius 2 is 1.87 bits per heavy atom. The van der Waals surface area contributed by atoms with Crippen LogP contribution in [-0.4, -0.2) is 15.4 Å². The molecule has 2 aromatic carbocycles. The van der Waals surface area contributed by atoms with Gasteiger partial charge in [-0.15, -0.1) is 0 Å². The van der Waals surface area contributed by atoms with Crippen LogP contribution in [0.5, 0.6) is 0 Å². The minimum atomic E-state index is -0.471. The Morgan fingerprint density at radius 1 is 1.17 bits per heavy atom. The molecular formula is C17H15N3O3. The number of aromatic nitrogens is 1. The zero-order valence-corrected chi connectivity index (χ0v) is 12.5. The van der Waals surface area contributed by atoms with Crippen LogP contribution in [0, 0.1) is 17.0 Å². The summed E-state index contributed by atoms with van der Waals surface area (Å²) in [4.78, 5) is 22.4. The molecule has 0 aliphatic carbocycles. The van der Waals surface area contributed by atoms with Crippen molar-refractivity contribution in [3.63, 3.8) is 0 Å². The molecule has 1 aromatic heterocycles.